The van der Waals surface area contributed by atoms with Gasteiger partial charge in [-0.2, -0.15) is 0 Å². The summed E-state index contributed by atoms with van der Waals surface area (Å²) in [5.41, 5.74) is 0. The fourth-order valence-corrected chi connectivity index (χ4v) is 4.81. The van der Waals surface area contributed by atoms with Gasteiger partial charge in [0.25, 0.3) is 0 Å². The third-order valence-corrected chi connectivity index (χ3v) is 6.52. The molecule has 0 aliphatic heterocycles. The van der Waals surface area contributed by atoms with Gasteiger partial charge in [0.15, 0.2) is 0 Å². The van der Waals surface area contributed by atoms with Crippen LogP contribution < -0.4 is 0 Å². The molecule has 0 nitrogen and oxygen atoms in total. The molecule has 0 fully saturated rings. The summed E-state index contributed by atoms with van der Waals surface area (Å²) >= 11 is 0. The van der Waals surface area contributed by atoms with Gasteiger partial charge in [0, 0.05) is 0 Å². The Kier molecular flexibility index (Phi) is 3.09. The van der Waals surface area contributed by atoms with Crippen molar-refractivity contribution in [3.05, 3.63) is 109 Å². The van der Waals surface area contributed by atoms with Crippen LogP contribution in [0.4, 0.5) is 0 Å². The van der Waals surface area contributed by atoms with E-state index in [1.54, 1.807) is 0 Å². The fraction of sp³-hybridized carbons (Fsp3) is 0. The summed E-state index contributed by atoms with van der Waals surface area (Å²) in [5.74, 6) is 0. The Balaban J connectivity index is 2.07. The Morgan fingerprint density at radius 2 is 0.267 bits per heavy atom. The molecule has 15 aromatic rings. The van der Waals surface area contributed by atoms with Crippen LogP contribution in [0, 0.1) is 0 Å². The molecule has 0 radical (unpaired) electrons. The van der Waals surface area contributed by atoms with E-state index in [2.05, 4.69) is 109 Å². The van der Waals surface area contributed by atoms with Crippen LogP contribution in [0.15, 0.2) is 109 Å². The topological polar surface area (TPSA) is 0 Å². The van der Waals surface area contributed by atoms with Gasteiger partial charge in [0.2, 0.25) is 0 Å². The van der Waals surface area contributed by atoms with Crippen LogP contribution in [-0.4, -0.2) is 0 Å². The van der Waals surface area contributed by atoms with Gasteiger partial charge < -0.3 is 0 Å². The summed E-state index contributed by atoms with van der Waals surface area (Å²) in [6, 6.07) is 41.1. The van der Waals surface area contributed by atoms with Gasteiger partial charge in [0.1, 0.15) is 0 Å². The van der Waals surface area contributed by atoms with Gasteiger partial charge in [-0.1, -0.05) is 72.8 Å². The van der Waals surface area contributed by atoms with E-state index in [0.717, 1.165) is 0 Å². The highest BCUT2D eigenvalue weighted by molar-refractivity contribution is 6.04. The minimum atomic E-state index is 1.24. The first-order valence-corrected chi connectivity index (χ1v) is 10.4. The zero-order chi connectivity index (χ0) is 19.7. The highest BCUT2D eigenvalue weighted by atomic mass is 14.1. The summed E-state index contributed by atoms with van der Waals surface area (Å²) in [7, 11) is 0. The SMILES string of the molecule is c1cc2cc3ccc4cc5ccc6cc1c1ccc4cc5ccc2cc3ccc6c1. The Morgan fingerprint density at radius 3 is 0.367 bits per heavy atom. The second-order valence-corrected chi connectivity index (χ2v) is 8.33. The maximum absolute atomic E-state index is 2.32. The number of hydrogen-bond donors (Lipinski definition) is 0. The van der Waals surface area contributed by atoms with E-state index < -0.39 is 0 Å². The first kappa shape index (κ1) is 16.0. The summed E-state index contributed by atoms with van der Waals surface area (Å²) < 4.78 is 0. The van der Waals surface area contributed by atoms with Crippen molar-refractivity contribution in [3.63, 3.8) is 0 Å². The van der Waals surface area contributed by atoms with Gasteiger partial charge >= 0.3 is 0 Å². The normalized spacial score (nSPS) is 12.0. The molecule has 0 aliphatic rings. The maximum Gasteiger partial charge on any atom is -0.0177 e. The smallest absolute Gasteiger partial charge is 0.0177 e. The molecule has 30 heavy (non-hydrogen) atoms. The quantitative estimate of drug-likeness (QED) is 0.248. The predicted molar refractivity (Wildman–Crippen MR) is 131 cm³/mol. The number of hydrogen-bond acceptors (Lipinski definition) is 0. The molecule has 0 atom stereocenters. The van der Waals surface area contributed by atoms with Gasteiger partial charge in [-0.3, -0.25) is 0 Å². The highest BCUT2D eigenvalue weighted by Crippen LogP contribution is 2.29. The van der Waals surface area contributed by atoms with Crippen molar-refractivity contribution in [1.82, 2.24) is 0 Å². The molecule has 0 saturated heterocycles. The molecule has 138 valence electrons. The van der Waals surface area contributed by atoms with Crippen molar-refractivity contribution in [1.29, 1.82) is 0 Å². The van der Waals surface area contributed by atoms with E-state index in [-0.39, 0.29) is 0 Å². The molecule has 0 unspecified atom stereocenters. The number of benzene rings is 3. The average Bonchev–Trinajstić information content (AvgIpc) is 2.77. The van der Waals surface area contributed by atoms with Crippen molar-refractivity contribution in [2.45, 2.75) is 0 Å². The van der Waals surface area contributed by atoms with Crippen molar-refractivity contribution < 1.29 is 0 Å². The first-order chi connectivity index (χ1) is 14.8. The summed E-state index contributed by atoms with van der Waals surface area (Å²) in [5, 5.41) is 14.9. The van der Waals surface area contributed by atoms with Crippen molar-refractivity contribution in [2.75, 3.05) is 0 Å². The molecule has 0 N–H and O–H groups in total. The summed E-state index contributed by atoms with van der Waals surface area (Å²) in [6.45, 7) is 0. The summed E-state index contributed by atoms with van der Waals surface area (Å²) in [6.07, 6.45) is 0. The van der Waals surface area contributed by atoms with E-state index in [1.807, 2.05) is 0 Å². The Hall–Kier alpha value is -3.90. The van der Waals surface area contributed by atoms with Crippen LogP contribution in [0.2, 0.25) is 0 Å². The van der Waals surface area contributed by atoms with E-state index in [9.17, 15) is 0 Å². The Morgan fingerprint density at radius 1 is 0.167 bits per heavy atom. The largest absolute Gasteiger partial charge is 0.0537 e. The fourth-order valence-electron chi connectivity index (χ4n) is 4.81. The Bertz CT molecular complexity index is 1320. The molecular formula is C30H18. The Labute approximate surface area is 174 Å². The van der Waals surface area contributed by atoms with Crippen molar-refractivity contribution >= 4 is 64.6 Å². The van der Waals surface area contributed by atoms with Gasteiger partial charge in [-0.05, 0) is 101 Å². The lowest BCUT2D eigenvalue weighted by molar-refractivity contribution is 1.84. The molecule has 0 heterocycles. The molecule has 12 bridgehead atoms. The second kappa shape index (κ2) is 5.81. The zero-order valence-corrected chi connectivity index (χ0v) is 16.4. The van der Waals surface area contributed by atoms with Gasteiger partial charge in [-0.15, -0.1) is 0 Å². The monoisotopic (exact) mass is 378 g/mol. The van der Waals surface area contributed by atoms with Crippen molar-refractivity contribution in [2.24, 2.45) is 0 Å². The van der Waals surface area contributed by atoms with Crippen LogP contribution in [0.5, 0.6) is 0 Å². The van der Waals surface area contributed by atoms with E-state index in [0.29, 0.717) is 0 Å². The third-order valence-electron chi connectivity index (χ3n) is 6.52. The lowest BCUT2D eigenvalue weighted by atomic mass is 10.0. The van der Waals surface area contributed by atoms with Crippen LogP contribution in [0.25, 0.3) is 64.6 Å². The van der Waals surface area contributed by atoms with Gasteiger partial charge in [-0.25, -0.2) is 0 Å². The molecule has 15 aromatic carbocycles. The lowest BCUT2D eigenvalue weighted by Crippen LogP contribution is -1.75. The molecule has 0 amide bonds. The minimum absolute atomic E-state index is 1.24. The van der Waals surface area contributed by atoms with E-state index in [1.165, 1.54) is 64.6 Å². The molecule has 0 aliphatic carbocycles. The van der Waals surface area contributed by atoms with Gasteiger partial charge in [0.05, 0.1) is 0 Å². The molecular weight excluding hydrogens is 360 g/mol. The predicted octanol–water partition coefficient (Wildman–Crippen LogP) is 8.61. The first-order valence-electron chi connectivity index (χ1n) is 10.4. The molecule has 0 aromatic heterocycles. The minimum Gasteiger partial charge on any atom is -0.0537 e. The zero-order valence-electron chi connectivity index (χ0n) is 16.4. The van der Waals surface area contributed by atoms with Crippen LogP contribution in [0.1, 0.15) is 0 Å². The average molecular weight is 378 g/mol. The molecule has 0 saturated carbocycles. The van der Waals surface area contributed by atoms with E-state index >= 15 is 0 Å². The molecule has 15 rings (SSSR count). The highest BCUT2D eigenvalue weighted by Gasteiger charge is 2.02. The van der Waals surface area contributed by atoms with Crippen LogP contribution in [0.3, 0.4) is 0 Å². The summed E-state index contributed by atoms with van der Waals surface area (Å²) in [4.78, 5) is 0. The molecule has 0 spiro atoms. The maximum atomic E-state index is 2.32. The lowest BCUT2D eigenvalue weighted by Gasteiger charge is -2.01. The van der Waals surface area contributed by atoms with Crippen LogP contribution >= 0.6 is 0 Å². The number of rotatable bonds is 0. The standard InChI is InChI=1S/C30H18/c1-2-20-14-24-9-11-30-18-28-7-5-22-13-19(1)21-3-4-26(30)17-29(28)8-6-23(20)16-27(24)12-10-25(22)15-21/h1-18H. The van der Waals surface area contributed by atoms with Crippen LogP contribution in [-0.2, 0) is 0 Å². The van der Waals surface area contributed by atoms with E-state index in [4.69, 9.17) is 0 Å². The van der Waals surface area contributed by atoms with Crippen molar-refractivity contribution in [3.8, 4) is 0 Å². The molecule has 0 heteroatoms. The second-order valence-electron chi connectivity index (χ2n) is 8.33. The third kappa shape index (κ3) is 2.34.